The van der Waals surface area contributed by atoms with Gasteiger partial charge in [0, 0.05) is 6.99 Å². The highest BCUT2D eigenvalue weighted by atomic mass is 16.3. The average Bonchev–Trinajstić information content (AvgIpc) is 2.39. The smallest absolute Gasteiger partial charge is 0.195 e. The first-order chi connectivity index (χ1) is 7.79. The van der Waals surface area contributed by atoms with Crippen molar-refractivity contribution in [3.8, 4) is 0 Å². The van der Waals surface area contributed by atoms with Crippen molar-refractivity contribution < 1.29 is 11.3 Å². The van der Waals surface area contributed by atoms with Crippen LogP contribution in [-0.4, -0.2) is 10.9 Å². The number of aliphatic hydroxyl groups excluding tert-OH is 1. The Bertz CT molecular complexity index is 468. The van der Waals surface area contributed by atoms with E-state index in [1.165, 1.54) is 0 Å². The summed E-state index contributed by atoms with van der Waals surface area (Å²) in [7, 11) is 0. The van der Waals surface area contributed by atoms with Gasteiger partial charge in [-0.25, -0.2) is 0 Å². The van der Waals surface area contributed by atoms with E-state index in [0.29, 0.717) is 11.1 Å². The first-order valence-electron chi connectivity index (χ1n) is 5.11. The summed E-state index contributed by atoms with van der Waals surface area (Å²) in [5.41, 5.74) is 1.15. The third-order valence-electron chi connectivity index (χ3n) is 2.42. The summed E-state index contributed by atoms with van der Waals surface area (Å²) in [5.74, 6) is -0.271. The molecule has 0 aliphatic rings. The number of hydrogen-bond acceptors (Lipinski definition) is 2. The second kappa shape index (κ2) is 4.73. The van der Waals surface area contributed by atoms with E-state index in [1.54, 1.807) is 48.5 Å². The van der Waals surface area contributed by atoms with Gasteiger partial charge in [0.15, 0.2) is 5.78 Å². The summed E-state index contributed by atoms with van der Waals surface area (Å²) in [4.78, 5) is 11.9. The van der Waals surface area contributed by atoms with E-state index in [1.807, 2.05) is 12.1 Å². The molecule has 0 bridgehead atoms. The highest BCUT2D eigenvalue weighted by molar-refractivity contribution is 5.99. The van der Waals surface area contributed by atoms with Crippen molar-refractivity contribution in [1.82, 2.24) is 0 Å². The quantitative estimate of drug-likeness (QED) is 0.799. The molecule has 2 heteroatoms. The van der Waals surface area contributed by atoms with Crippen LogP contribution in [0.5, 0.6) is 0 Å². The zero-order chi connectivity index (χ0) is 11.4. The Kier molecular flexibility index (Phi) is 3.13. The molecule has 2 aromatic rings. The second-order valence-corrected chi connectivity index (χ2v) is 3.54. The van der Waals surface area contributed by atoms with Gasteiger partial charge >= 0.3 is 0 Å². The molecule has 0 fully saturated rings. The number of carbonyl (C=O) groups is 1. The van der Waals surface area contributed by atoms with Crippen molar-refractivity contribution in [2.75, 3.05) is 0 Å². The van der Waals surface area contributed by atoms with Crippen LogP contribution in [0.3, 0.4) is 0 Å². The van der Waals surface area contributed by atoms with E-state index in [4.69, 9.17) is 0 Å². The Labute approximate surface area is 95.7 Å². The van der Waals surface area contributed by atoms with Gasteiger partial charge in [0.1, 0.15) is 6.10 Å². The maximum Gasteiger partial charge on any atom is 0.195 e. The molecule has 0 amide bonds. The summed E-state index contributed by atoms with van der Waals surface area (Å²) < 4.78 is 0. The van der Waals surface area contributed by atoms with Crippen LogP contribution in [0.4, 0.5) is 0 Å². The predicted molar refractivity (Wildman–Crippen MR) is 64.3 cm³/mol. The molecule has 0 aliphatic carbocycles. The van der Waals surface area contributed by atoms with Crippen LogP contribution in [0.2, 0.25) is 0 Å². The highest BCUT2D eigenvalue weighted by Gasteiger charge is 2.18. The molecule has 2 nitrogen and oxygen atoms in total. The Morgan fingerprint density at radius 1 is 0.938 bits per heavy atom. The van der Waals surface area contributed by atoms with Crippen LogP contribution in [0, 0.1) is 0 Å². The molecule has 1 unspecified atom stereocenters. The van der Waals surface area contributed by atoms with Gasteiger partial charge in [0.2, 0.25) is 0 Å². The monoisotopic (exact) mass is 215 g/mol. The van der Waals surface area contributed by atoms with Crippen molar-refractivity contribution in [3.05, 3.63) is 71.8 Å². The zero-order valence-corrected chi connectivity index (χ0v) is 8.71. The molecule has 1 N–H and O–H groups in total. The van der Waals surface area contributed by atoms with Gasteiger partial charge in [0.05, 0.1) is 0 Å². The summed E-state index contributed by atoms with van der Waals surface area (Å²) >= 11 is 0. The third-order valence-corrected chi connectivity index (χ3v) is 2.42. The summed E-state index contributed by atoms with van der Waals surface area (Å²) in [5, 5.41) is 9.89. The number of aliphatic hydroxyl groups is 1. The van der Waals surface area contributed by atoms with Gasteiger partial charge in [-0.3, -0.25) is 4.79 Å². The number of carbonyl (C=O) groups excluding carboxylic acids is 1. The fourth-order valence-corrected chi connectivity index (χ4v) is 1.55. The molecule has 0 aromatic heterocycles. The molecule has 0 spiro atoms. The standard InChI is InChI=1S/C14H12O2.H2/c15-13(11-7-3-1-4-8-11)14(16)12-9-5-2-6-10-12;/h1-10,13,15H;1H/i;1+1. The lowest BCUT2D eigenvalue weighted by molar-refractivity contribution is 0.0747. The van der Waals surface area contributed by atoms with Crippen LogP contribution in [-0.2, 0) is 0 Å². The largest absolute Gasteiger partial charge is 0.380 e. The molecule has 0 saturated heterocycles. The maximum absolute atomic E-state index is 11.9. The molecule has 2 rings (SSSR count). The zero-order valence-electron chi connectivity index (χ0n) is 8.71. The van der Waals surface area contributed by atoms with Crippen LogP contribution in [0.15, 0.2) is 60.7 Å². The Balaban J connectivity index is 0.00000144. The summed E-state index contributed by atoms with van der Waals surface area (Å²) in [6.07, 6.45) is -1.08. The van der Waals surface area contributed by atoms with Crippen LogP contribution >= 0.6 is 0 Å². The predicted octanol–water partition coefficient (Wildman–Crippen LogP) is 2.85. The van der Waals surface area contributed by atoms with Crippen LogP contribution in [0.1, 0.15) is 23.5 Å². The summed E-state index contributed by atoms with van der Waals surface area (Å²) in [6.45, 7) is 0. The molecule has 0 saturated carbocycles. The van der Waals surface area contributed by atoms with Crippen molar-refractivity contribution in [3.63, 3.8) is 0 Å². The number of hydrogen-bond donors (Lipinski definition) is 1. The SMILES string of the molecule is O=C(c1ccccc1)C(O)c1ccccc1.[2HH]. The first kappa shape index (κ1) is 10.6. The number of ketones is 1. The molecular weight excluding hydrogens is 200 g/mol. The van der Waals surface area contributed by atoms with Crippen molar-refractivity contribution in [2.24, 2.45) is 0 Å². The van der Waals surface area contributed by atoms with Gasteiger partial charge in [-0.2, -0.15) is 0 Å². The maximum atomic E-state index is 11.9. The Morgan fingerprint density at radius 3 is 2.00 bits per heavy atom. The molecular formula is C14H14O2. The number of rotatable bonds is 3. The van der Waals surface area contributed by atoms with Gasteiger partial charge in [-0.15, -0.1) is 0 Å². The van der Waals surface area contributed by atoms with Crippen LogP contribution < -0.4 is 0 Å². The van der Waals surface area contributed by atoms with E-state index >= 15 is 0 Å². The lowest BCUT2D eigenvalue weighted by atomic mass is 10.0. The lowest BCUT2D eigenvalue weighted by Crippen LogP contribution is -2.11. The Morgan fingerprint density at radius 2 is 1.44 bits per heavy atom. The van der Waals surface area contributed by atoms with E-state index in [-0.39, 0.29) is 7.21 Å². The minimum atomic E-state index is -1.08. The molecule has 0 radical (unpaired) electrons. The number of Topliss-reactive ketones (excluding diaryl/α,β-unsaturated/α-hetero) is 1. The second-order valence-electron chi connectivity index (χ2n) is 3.54. The first-order valence-corrected chi connectivity index (χ1v) is 5.11. The van der Waals surface area contributed by atoms with Crippen molar-refractivity contribution in [2.45, 2.75) is 6.10 Å². The fourth-order valence-electron chi connectivity index (χ4n) is 1.55. The van der Waals surface area contributed by atoms with Gasteiger partial charge < -0.3 is 5.11 Å². The van der Waals surface area contributed by atoms with Gasteiger partial charge in [-0.1, -0.05) is 60.7 Å². The van der Waals surface area contributed by atoms with Crippen molar-refractivity contribution >= 4 is 5.78 Å². The van der Waals surface area contributed by atoms with Gasteiger partial charge in [0.25, 0.3) is 0 Å². The van der Waals surface area contributed by atoms with E-state index < -0.39 is 6.10 Å². The molecule has 0 aliphatic heterocycles. The molecule has 16 heavy (non-hydrogen) atoms. The minimum absolute atomic E-state index is 0. The Hall–Kier alpha value is -1.93. The van der Waals surface area contributed by atoms with Crippen LogP contribution in [0.25, 0.3) is 0 Å². The fraction of sp³-hybridized carbons (Fsp3) is 0.0714. The van der Waals surface area contributed by atoms with E-state index in [9.17, 15) is 9.90 Å². The van der Waals surface area contributed by atoms with E-state index in [2.05, 4.69) is 0 Å². The third kappa shape index (κ3) is 2.18. The lowest BCUT2D eigenvalue weighted by Gasteiger charge is -2.09. The van der Waals surface area contributed by atoms with Gasteiger partial charge in [-0.05, 0) is 5.56 Å². The average molecular weight is 215 g/mol. The molecule has 0 heterocycles. The van der Waals surface area contributed by atoms with Crippen molar-refractivity contribution in [1.29, 1.82) is 0 Å². The number of benzene rings is 2. The summed E-state index contributed by atoms with van der Waals surface area (Å²) in [6, 6.07) is 17.7. The van der Waals surface area contributed by atoms with E-state index in [0.717, 1.165) is 0 Å². The minimum Gasteiger partial charge on any atom is -0.380 e. The highest BCUT2D eigenvalue weighted by Crippen LogP contribution is 2.17. The topological polar surface area (TPSA) is 37.3 Å². The molecule has 82 valence electrons. The molecule has 1 atom stereocenters. The normalized spacial score (nSPS) is 12.1. The molecule has 2 aromatic carbocycles.